The fourth-order valence-corrected chi connectivity index (χ4v) is 4.05. The van der Waals surface area contributed by atoms with Gasteiger partial charge in [0.25, 0.3) is 11.5 Å². The van der Waals surface area contributed by atoms with Crippen LogP contribution in [-0.4, -0.2) is 29.7 Å². The van der Waals surface area contributed by atoms with E-state index in [0.717, 1.165) is 22.8 Å². The molecule has 4 rings (SSSR count). The molecule has 0 atom stereocenters. The number of methoxy groups -OCH3 is 2. The fraction of sp³-hybridized carbons (Fsp3) is 0.125. The normalized spacial score (nSPS) is 11.4. The Bertz CT molecular complexity index is 1620. The summed E-state index contributed by atoms with van der Waals surface area (Å²) in [6.07, 6.45) is -4.64. The Morgan fingerprint density at radius 2 is 1.75 bits per heavy atom. The maximum Gasteiger partial charge on any atom is 0.416 e. The molecule has 36 heavy (non-hydrogen) atoms. The average molecular weight is 536 g/mol. The van der Waals surface area contributed by atoms with E-state index in [2.05, 4.69) is 10.3 Å². The van der Waals surface area contributed by atoms with Gasteiger partial charge in [0.05, 0.1) is 41.4 Å². The molecule has 3 aromatic carbocycles. The van der Waals surface area contributed by atoms with Gasteiger partial charge >= 0.3 is 6.18 Å². The number of nitrogens with zero attached hydrogens (tertiary/aromatic N) is 1. The number of aromatic amines is 1. The first-order valence-electron chi connectivity index (χ1n) is 10.2. The van der Waals surface area contributed by atoms with Crippen LogP contribution < -0.4 is 20.3 Å². The van der Waals surface area contributed by atoms with E-state index in [-0.39, 0.29) is 31.9 Å². The summed E-state index contributed by atoms with van der Waals surface area (Å²) in [6, 6.07) is 11.7. The third-order valence-corrected chi connectivity index (χ3v) is 5.92. The number of hydrogen-bond acceptors (Lipinski definition) is 5. The number of carbonyl (C=O) groups excluding carboxylic acids is 1. The van der Waals surface area contributed by atoms with Crippen LogP contribution in [0.1, 0.15) is 15.9 Å². The highest BCUT2D eigenvalue weighted by molar-refractivity contribution is 7.71. The summed E-state index contributed by atoms with van der Waals surface area (Å²) in [7, 11) is 2.96. The molecule has 0 saturated carbocycles. The van der Waals surface area contributed by atoms with E-state index in [0.29, 0.717) is 17.2 Å². The number of nitrogens with one attached hydrogen (secondary N) is 2. The quantitative estimate of drug-likeness (QED) is 0.307. The van der Waals surface area contributed by atoms with Crippen LogP contribution in [0.15, 0.2) is 59.4 Å². The highest BCUT2D eigenvalue weighted by Crippen LogP contribution is 2.33. The standard InChI is InChI=1S/C24H17ClF3N3O4S/c1-34-19-8-5-14(11-20(19)35-2)29-21(32)12-3-6-15-17(9-12)30-23(36)31(22(15)33)18-10-13(24(26,27)28)4-7-16(18)25/h3-11H,1-2H3,(H,29,32)(H,30,36). The Hall–Kier alpha value is -3.83. The van der Waals surface area contributed by atoms with Crippen LogP contribution in [0.5, 0.6) is 11.5 Å². The number of anilines is 1. The first kappa shape index (κ1) is 25.3. The van der Waals surface area contributed by atoms with Gasteiger partial charge in [0.15, 0.2) is 16.3 Å². The van der Waals surface area contributed by atoms with Gasteiger partial charge in [0, 0.05) is 17.3 Å². The van der Waals surface area contributed by atoms with E-state index >= 15 is 0 Å². The molecule has 4 aromatic rings. The largest absolute Gasteiger partial charge is 0.493 e. The minimum Gasteiger partial charge on any atom is -0.493 e. The smallest absolute Gasteiger partial charge is 0.416 e. The predicted octanol–water partition coefficient (Wildman–Crippen LogP) is 5.99. The first-order valence-corrected chi connectivity index (χ1v) is 11.0. The molecule has 7 nitrogen and oxygen atoms in total. The second-order valence-electron chi connectivity index (χ2n) is 7.52. The number of fused-ring (bicyclic) bond motifs is 1. The molecular formula is C24H17ClF3N3O4S. The zero-order valence-corrected chi connectivity index (χ0v) is 20.3. The Kier molecular flexibility index (Phi) is 6.79. The number of halogens is 4. The minimum absolute atomic E-state index is 0.0881. The number of alkyl halides is 3. The van der Waals surface area contributed by atoms with E-state index in [1.807, 2.05) is 0 Å². The lowest BCUT2D eigenvalue weighted by molar-refractivity contribution is -0.137. The van der Waals surface area contributed by atoms with Crippen LogP contribution in [0.3, 0.4) is 0 Å². The molecular weight excluding hydrogens is 519 g/mol. The Morgan fingerprint density at radius 3 is 2.42 bits per heavy atom. The second-order valence-corrected chi connectivity index (χ2v) is 8.31. The summed E-state index contributed by atoms with van der Waals surface area (Å²) in [5, 5.41) is 2.73. The molecule has 0 saturated heterocycles. The number of amides is 1. The van der Waals surface area contributed by atoms with Crippen molar-refractivity contribution in [1.82, 2.24) is 9.55 Å². The SMILES string of the molecule is COc1ccc(NC(=O)c2ccc3c(=O)n(-c4cc(C(F)(F)F)ccc4Cl)c(=S)[nH]c3c2)cc1OC. The van der Waals surface area contributed by atoms with E-state index in [1.54, 1.807) is 18.2 Å². The van der Waals surface area contributed by atoms with Gasteiger partial charge in [-0.05, 0) is 60.7 Å². The monoisotopic (exact) mass is 535 g/mol. The van der Waals surface area contributed by atoms with E-state index in [4.69, 9.17) is 33.3 Å². The minimum atomic E-state index is -4.64. The third kappa shape index (κ3) is 4.79. The van der Waals surface area contributed by atoms with Gasteiger partial charge in [-0.2, -0.15) is 13.2 Å². The number of carbonyl (C=O) groups is 1. The van der Waals surface area contributed by atoms with Crippen molar-refractivity contribution in [1.29, 1.82) is 0 Å². The van der Waals surface area contributed by atoms with Crippen molar-refractivity contribution in [2.75, 3.05) is 19.5 Å². The molecule has 0 unspecified atom stereocenters. The predicted molar refractivity (Wildman–Crippen MR) is 132 cm³/mol. The Labute approximate surface area is 212 Å². The Balaban J connectivity index is 1.73. The number of hydrogen-bond donors (Lipinski definition) is 2. The zero-order chi connectivity index (χ0) is 26.2. The van der Waals surface area contributed by atoms with Gasteiger partial charge in [0.1, 0.15) is 0 Å². The van der Waals surface area contributed by atoms with Crippen molar-refractivity contribution in [2.24, 2.45) is 0 Å². The van der Waals surface area contributed by atoms with Crippen molar-refractivity contribution in [2.45, 2.75) is 6.18 Å². The maximum absolute atomic E-state index is 13.2. The molecule has 2 N–H and O–H groups in total. The summed E-state index contributed by atoms with van der Waals surface area (Å²) in [6.45, 7) is 0. The van der Waals surface area contributed by atoms with E-state index < -0.39 is 23.2 Å². The van der Waals surface area contributed by atoms with Crippen LogP contribution in [0, 0.1) is 4.77 Å². The van der Waals surface area contributed by atoms with Crippen LogP contribution in [-0.2, 0) is 6.18 Å². The molecule has 0 bridgehead atoms. The highest BCUT2D eigenvalue weighted by atomic mass is 35.5. The zero-order valence-electron chi connectivity index (χ0n) is 18.7. The van der Waals surface area contributed by atoms with Crippen LogP contribution in [0.4, 0.5) is 18.9 Å². The molecule has 186 valence electrons. The summed E-state index contributed by atoms with van der Waals surface area (Å²) in [5.74, 6) is 0.436. The summed E-state index contributed by atoms with van der Waals surface area (Å²) >= 11 is 11.4. The van der Waals surface area contributed by atoms with E-state index in [9.17, 15) is 22.8 Å². The van der Waals surface area contributed by atoms with Crippen LogP contribution in [0.2, 0.25) is 5.02 Å². The van der Waals surface area contributed by atoms with Gasteiger partial charge in [-0.15, -0.1) is 0 Å². The fourth-order valence-electron chi connectivity index (χ4n) is 3.56. The molecule has 0 aliphatic rings. The van der Waals surface area contributed by atoms with Crippen molar-refractivity contribution in [3.05, 3.63) is 85.9 Å². The Morgan fingerprint density at radius 1 is 1.03 bits per heavy atom. The van der Waals surface area contributed by atoms with E-state index in [1.165, 1.54) is 32.4 Å². The number of ether oxygens (including phenoxy) is 2. The van der Waals surface area contributed by atoms with Crippen molar-refractivity contribution >= 4 is 46.3 Å². The molecule has 1 amide bonds. The van der Waals surface area contributed by atoms with Crippen molar-refractivity contribution in [3.8, 4) is 17.2 Å². The lowest BCUT2D eigenvalue weighted by Gasteiger charge is -2.14. The molecule has 0 radical (unpaired) electrons. The summed E-state index contributed by atoms with van der Waals surface area (Å²) in [4.78, 5) is 28.8. The summed E-state index contributed by atoms with van der Waals surface area (Å²) < 4.78 is 50.7. The lowest BCUT2D eigenvalue weighted by atomic mass is 10.1. The molecule has 1 heterocycles. The van der Waals surface area contributed by atoms with Gasteiger partial charge < -0.3 is 19.8 Å². The lowest BCUT2D eigenvalue weighted by Crippen LogP contribution is -2.22. The number of H-pyrrole nitrogens is 1. The number of rotatable bonds is 5. The third-order valence-electron chi connectivity index (χ3n) is 5.32. The van der Waals surface area contributed by atoms with Crippen LogP contribution in [0.25, 0.3) is 16.6 Å². The molecule has 0 fully saturated rings. The van der Waals surface area contributed by atoms with Gasteiger partial charge in [-0.25, -0.2) is 0 Å². The number of aromatic nitrogens is 2. The first-order chi connectivity index (χ1) is 17.0. The molecule has 0 spiro atoms. The van der Waals surface area contributed by atoms with Gasteiger partial charge in [-0.1, -0.05) is 11.6 Å². The maximum atomic E-state index is 13.2. The van der Waals surface area contributed by atoms with Crippen LogP contribution >= 0.6 is 23.8 Å². The number of benzene rings is 3. The summed E-state index contributed by atoms with van der Waals surface area (Å²) in [5.41, 5.74) is -1.01. The van der Waals surface area contributed by atoms with Gasteiger partial charge in [-0.3, -0.25) is 14.2 Å². The van der Waals surface area contributed by atoms with Crippen molar-refractivity contribution < 1.29 is 27.4 Å². The van der Waals surface area contributed by atoms with Gasteiger partial charge in [0.2, 0.25) is 0 Å². The highest BCUT2D eigenvalue weighted by Gasteiger charge is 2.31. The molecule has 12 heteroatoms. The van der Waals surface area contributed by atoms with Crippen molar-refractivity contribution in [3.63, 3.8) is 0 Å². The molecule has 0 aliphatic heterocycles. The average Bonchev–Trinajstić information content (AvgIpc) is 2.83. The molecule has 1 aromatic heterocycles. The second kappa shape index (κ2) is 9.67. The molecule has 0 aliphatic carbocycles. The topological polar surface area (TPSA) is 85.4 Å².